The van der Waals surface area contributed by atoms with E-state index >= 15 is 0 Å². The second-order valence-electron chi connectivity index (χ2n) is 5.09. The molecule has 0 saturated carbocycles. The molecule has 4 nitrogen and oxygen atoms in total. The summed E-state index contributed by atoms with van der Waals surface area (Å²) in [5, 5.41) is 5.83. The lowest BCUT2D eigenvalue weighted by Crippen LogP contribution is -2.24. The summed E-state index contributed by atoms with van der Waals surface area (Å²) >= 11 is 1.57. The highest BCUT2D eigenvalue weighted by Crippen LogP contribution is 2.11. The molecule has 1 amide bonds. The SMILES string of the molecule is Cc1csc(CNC(=O)Cc2ccc(-n3cccc3)cc2)n1. The summed E-state index contributed by atoms with van der Waals surface area (Å²) in [6, 6.07) is 12.0. The molecule has 5 heteroatoms. The van der Waals surface area contributed by atoms with Crippen LogP contribution in [0.5, 0.6) is 0 Å². The summed E-state index contributed by atoms with van der Waals surface area (Å²) in [7, 11) is 0. The van der Waals surface area contributed by atoms with Gasteiger partial charge in [0.1, 0.15) is 5.01 Å². The normalized spacial score (nSPS) is 10.6. The molecular formula is C17H17N3OS. The Hall–Kier alpha value is -2.40. The second-order valence-corrected chi connectivity index (χ2v) is 6.04. The van der Waals surface area contributed by atoms with Crippen molar-refractivity contribution in [3.8, 4) is 5.69 Å². The highest BCUT2D eigenvalue weighted by Gasteiger charge is 2.05. The molecule has 0 spiro atoms. The van der Waals surface area contributed by atoms with Crippen LogP contribution in [0, 0.1) is 6.92 Å². The number of carbonyl (C=O) groups is 1. The third kappa shape index (κ3) is 3.62. The molecule has 0 atom stereocenters. The van der Waals surface area contributed by atoms with Gasteiger partial charge in [-0.3, -0.25) is 4.79 Å². The van der Waals surface area contributed by atoms with Gasteiger partial charge in [-0.1, -0.05) is 12.1 Å². The molecule has 1 aromatic carbocycles. The number of hydrogen-bond acceptors (Lipinski definition) is 3. The number of hydrogen-bond donors (Lipinski definition) is 1. The van der Waals surface area contributed by atoms with Crippen LogP contribution in [0.25, 0.3) is 5.69 Å². The molecule has 0 unspecified atom stereocenters. The number of thiazole rings is 1. The summed E-state index contributed by atoms with van der Waals surface area (Å²) in [4.78, 5) is 16.3. The van der Waals surface area contributed by atoms with Gasteiger partial charge in [-0.25, -0.2) is 4.98 Å². The van der Waals surface area contributed by atoms with E-state index in [2.05, 4.69) is 10.3 Å². The van der Waals surface area contributed by atoms with Gasteiger partial charge in [-0.15, -0.1) is 11.3 Å². The maximum atomic E-state index is 12.0. The van der Waals surface area contributed by atoms with Gasteiger partial charge in [0.25, 0.3) is 0 Å². The molecule has 3 rings (SSSR count). The van der Waals surface area contributed by atoms with Gasteiger partial charge in [0.05, 0.1) is 13.0 Å². The van der Waals surface area contributed by atoms with E-state index in [0.717, 1.165) is 22.0 Å². The van der Waals surface area contributed by atoms with Crippen LogP contribution in [0.2, 0.25) is 0 Å². The second kappa shape index (κ2) is 6.58. The van der Waals surface area contributed by atoms with E-state index < -0.39 is 0 Å². The minimum absolute atomic E-state index is 0.0153. The molecule has 0 saturated heterocycles. The number of aryl methyl sites for hydroxylation is 1. The summed E-state index contributed by atoms with van der Waals surface area (Å²) in [6.07, 6.45) is 4.38. The van der Waals surface area contributed by atoms with Crippen molar-refractivity contribution < 1.29 is 4.79 Å². The topological polar surface area (TPSA) is 46.9 Å². The molecule has 2 heterocycles. The molecule has 3 aromatic rings. The lowest BCUT2D eigenvalue weighted by molar-refractivity contribution is -0.120. The molecule has 0 aliphatic rings. The summed E-state index contributed by atoms with van der Waals surface area (Å²) in [5.41, 5.74) is 3.09. The first-order valence-corrected chi connectivity index (χ1v) is 7.99. The predicted molar refractivity (Wildman–Crippen MR) is 88.2 cm³/mol. The molecule has 0 bridgehead atoms. The maximum Gasteiger partial charge on any atom is 0.224 e. The van der Waals surface area contributed by atoms with E-state index in [1.54, 1.807) is 11.3 Å². The summed E-state index contributed by atoms with van der Waals surface area (Å²) in [5.74, 6) is 0.0153. The van der Waals surface area contributed by atoms with Gasteiger partial charge in [-0.05, 0) is 36.8 Å². The quantitative estimate of drug-likeness (QED) is 0.787. The fourth-order valence-electron chi connectivity index (χ4n) is 2.20. The van der Waals surface area contributed by atoms with E-state index in [4.69, 9.17) is 0 Å². The average Bonchev–Trinajstić information content (AvgIpc) is 3.17. The minimum atomic E-state index is 0.0153. The Morgan fingerprint density at radius 2 is 1.95 bits per heavy atom. The zero-order chi connectivity index (χ0) is 15.4. The van der Waals surface area contributed by atoms with E-state index in [1.165, 1.54) is 0 Å². The van der Waals surface area contributed by atoms with Crippen LogP contribution in [0.4, 0.5) is 0 Å². The Bertz CT molecular complexity index is 745. The fourth-order valence-corrected chi connectivity index (χ4v) is 2.91. The van der Waals surface area contributed by atoms with Crippen molar-refractivity contribution in [3.63, 3.8) is 0 Å². The van der Waals surface area contributed by atoms with Crippen molar-refractivity contribution in [2.45, 2.75) is 19.9 Å². The van der Waals surface area contributed by atoms with Crippen molar-refractivity contribution in [2.75, 3.05) is 0 Å². The third-order valence-electron chi connectivity index (χ3n) is 3.31. The summed E-state index contributed by atoms with van der Waals surface area (Å²) < 4.78 is 2.04. The van der Waals surface area contributed by atoms with Crippen molar-refractivity contribution in [2.24, 2.45) is 0 Å². The van der Waals surface area contributed by atoms with Gasteiger partial charge in [0.2, 0.25) is 5.91 Å². The van der Waals surface area contributed by atoms with E-state index in [0.29, 0.717) is 13.0 Å². The van der Waals surface area contributed by atoms with Gasteiger partial charge in [0, 0.05) is 29.2 Å². The van der Waals surface area contributed by atoms with Crippen LogP contribution in [-0.2, 0) is 17.8 Å². The number of amides is 1. The molecule has 0 aliphatic heterocycles. The number of rotatable bonds is 5. The lowest BCUT2D eigenvalue weighted by Gasteiger charge is -2.06. The molecule has 0 radical (unpaired) electrons. The van der Waals surface area contributed by atoms with E-state index in [1.807, 2.05) is 65.7 Å². The highest BCUT2D eigenvalue weighted by molar-refractivity contribution is 7.09. The first-order valence-electron chi connectivity index (χ1n) is 7.11. The van der Waals surface area contributed by atoms with Crippen molar-refractivity contribution in [3.05, 3.63) is 70.4 Å². The largest absolute Gasteiger partial charge is 0.349 e. The van der Waals surface area contributed by atoms with E-state index in [-0.39, 0.29) is 5.91 Å². The van der Waals surface area contributed by atoms with Gasteiger partial charge in [0.15, 0.2) is 0 Å². The van der Waals surface area contributed by atoms with E-state index in [9.17, 15) is 4.79 Å². The Morgan fingerprint density at radius 1 is 1.23 bits per heavy atom. The molecule has 0 aliphatic carbocycles. The monoisotopic (exact) mass is 311 g/mol. The van der Waals surface area contributed by atoms with Gasteiger partial charge < -0.3 is 9.88 Å². The maximum absolute atomic E-state index is 12.0. The van der Waals surface area contributed by atoms with Gasteiger partial charge in [-0.2, -0.15) is 0 Å². The first kappa shape index (κ1) is 14.5. The molecule has 22 heavy (non-hydrogen) atoms. The average molecular weight is 311 g/mol. The zero-order valence-electron chi connectivity index (χ0n) is 12.3. The molecule has 1 N–H and O–H groups in total. The van der Waals surface area contributed by atoms with Crippen LogP contribution in [-0.4, -0.2) is 15.5 Å². The number of benzene rings is 1. The van der Waals surface area contributed by atoms with Crippen LogP contribution in [0.15, 0.2) is 54.2 Å². The number of carbonyl (C=O) groups excluding carboxylic acids is 1. The van der Waals surface area contributed by atoms with Gasteiger partial charge >= 0.3 is 0 Å². The fraction of sp³-hybridized carbons (Fsp3) is 0.176. The van der Waals surface area contributed by atoms with Crippen LogP contribution < -0.4 is 5.32 Å². The number of aromatic nitrogens is 2. The minimum Gasteiger partial charge on any atom is -0.349 e. The van der Waals surface area contributed by atoms with Crippen molar-refractivity contribution >= 4 is 17.2 Å². The van der Waals surface area contributed by atoms with Crippen molar-refractivity contribution in [1.29, 1.82) is 0 Å². The van der Waals surface area contributed by atoms with Crippen LogP contribution >= 0.6 is 11.3 Å². The molecule has 112 valence electrons. The summed E-state index contributed by atoms with van der Waals surface area (Å²) in [6.45, 7) is 2.45. The Labute approximate surface area is 133 Å². The molecule has 2 aromatic heterocycles. The number of nitrogens with zero attached hydrogens (tertiary/aromatic N) is 2. The zero-order valence-corrected chi connectivity index (χ0v) is 13.1. The number of nitrogens with one attached hydrogen (secondary N) is 1. The van der Waals surface area contributed by atoms with Crippen LogP contribution in [0.1, 0.15) is 16.3 Å². The standard InChI is InChI=1S/C17H17N3OS/c1-13-12-22-17(19-13)11-18-16(21)10-14-4-6-15(7-5-14)20-8-2-3-9-20/h2-9,12H,10-11H2,1H3,(H,18,21). The molecular weight excluding hydrogens is 294 g/mol. The van der Waals surface area contributed by atoms with Crippen LogP contribution in [0.3, 0.4) is 0 Å². The Morgan fingerprint density at radius 3 is 2.59 bits per heavy atom. The Kier molecular flexibility index (Phi) is 4.34. The smallest absolute Gasteiger partial charge is 0.224 e. The third-order valence-corrected chi connectivity index (χ3v) is 4.27. The lowest BCUT2D eigenvalue weighted by atomic mass is 10.1. The molecule has 0 fully saturated rings. The van der Waals surface area contributed by atoms with Crippen molar-refractivity contribution in [1.82, 2.24) is 14.9 Å². The highest BCUT2D eigenvalue weighted by atomic mass is 32.1. The Balaban J connectivity index is 1.55. The predicted octanol–water partition coefficient (Wildman–Crippen LogP) is 3.10. The first-order chi connectivity index (χ1) is 10.7.